The molecule has 5 heteroatoms. The van der Waals surface area contributed by atoms with E-state index in [1.807, 2.05) is 13.8 Å². The van der Waals surface area contributed by atoms with Crippen molar-refractivity contribution in [2.75, 3.05) is 11.5 Å². The third-order valence-electron chi connectivity index (χ3n) is 2.58. The highest BCUT2D eigenvalue weighted by atomic mass is 35.5. The first-order chi connectivity index (χ1) is 7.86. The van der Waals surface area contributed by atoms with Crippen LogP contribution in [0.25, 0.3) is 0 Å². The first kappa shape index (κ1) is 14.3. The Balaban J connectivity index is 3.01. The van der Waals surface area contributed by atoms with Crippen molar-refractivity contribution in [1.29, 1.82) is 0 Å². The van der Waals surface area contributed by atoms with E-state index in [0.29, 0.717) is 5.69 Å². The number of nitrogens with two attached hydrogens (primary N) is 1. The van der Waals surface area contributed by atoms with Gasteiger partial charge in [-0.3, -0.25) is 0 Å². The van der Waals surface area contributed by atoms with Crippen LogP contribution in [0.4, 0.5) is 5.69 Å². The second-order valence-corrected chi connectivity index (χ2v) is 6.77. The zero-order valence-electron chi connectivity index (χ0n) is 10.1. The molecular formula is C12H18ClNO2S. The Hall–Kier alpha value is -0.740. The number of nitrogen functional groups attached to an aromatic ring is 1. The van der Waals surface area contributed by atoms with Crippen molar-refractivity contribution in [3.63, 3.8) is 0 Å². The minimum atomic E-state index is -3.35. The third kappa shape index (κ3) is 3.89. The molecule has 1 rings (SSSR count). The van der Waals surface area contributed by atoms with Gasteiger partial charge in [-0.1, -0.05) is 31.9 Å². The Kier molecular flexibility index (Phi) is 4.83. The first-order valence-corrected chi connectivity index (χ1v) is 7.67. The summed E-state index contributed by atoms with van der Waals surface area (Å²) in [5.41, 5.74) is 6.00. The fourth-order valence-electron chi connectivity index (χ4n) is 1.80. The van der Waals surface area contributed by atoms with Gasteiger partial charge in [0.05, 0.1) is 15.7 Å². The van der Waals surface area contributed by atoms with Crippen LogP contribution in [-0.2, 0) is 9.84 Å². The zero-order chi connectivity index (χ0) is 13.1. The van der Waals surface area contributed by atoms with Crippen molar-refractivity contribution >= 4 is 27.1 Å². The van der Waals surface area contributed by atoms with Crippen molar-refractivity contribution < 1.29 is 8.42 Å². The summed E-state index contributed by atoms with van der Waals surface area (Å²) in [5.74, 6) is 0.242. The fraction of sp³-hybridized carbons (Fsp3) is 0.500. The summed E-state index contributed by atoms with van der Waals surface area (Å²) in [4.78, 5) is 0.141. The summed E-state index contributed by atoms with van der Waals surface area (Å²) >= 11 is 5.91. The molecule has 0 saturated carbocycles. The number of hydrogen-bond donors (Lipinski definition) is 1. The average molecular weight is 276 g/mol. The summed E-state index contributed by atoms with van der Waals surface area (Å²) < 4.78 is 24.3. The van der Waals surface area contributed by atoms with E-state index in [2.05, 4.69) is 0 Å². The summed E-state index contributed by atoms with van der Waals surface area (Å²) in [5, 5.41) is 0.239. The molecule has 0 aliphatic rings. The average Bonchev–Trinajstić information content (AvgIpc) is 2.21. The molecular weight excluding hydrogens is 258 g/mol. The van der Waals surface area contributed by atoms with E-state index in [-0.39, 0.29) is 21.6 Å². The molecule has 1 unspecified atom stereocenters. The number of anilines is 1. The second kappa shape index (κ2) is 5.74. The van der Waals surface area contributed by atoms with Crippen molar-refractivity contribution in [3.05, 3.63) is 23.2 Å². The normalized spacial score (nSPS) is 13.6. The molecule has 1 aromatic carbocycles. The lowest BCUT2D eigenvalue weighted by Crippen LogP contribution is -2.14. The van der Waals surface area contributed by atoms with E-state index in [1.165, 1.54) is 12.1 Å². The van der Waals surface area contributed by atoms with Crippen LogP contribution in [0.15, 0.2) is 23.1 Å². The van der Waals surface area contributed by atoms with Gasteiger partial charge < -0.3 is 5.73 Å². The quantitative estimate of drug-likeness (QED) is 0.840. The lowest BCUT2D eigenvalue weighted by molar-refractivity contribution is 0.545. The Morgan fingerprint density at radius 1 is 1.41 bits per heavy atom. The Bertz CT molecular complexity index is 485. The molecule has 3 nitrogen and oxygen atoms in total. The SMILES string of the molecule is CCCC(C)CS(=O)(=O)c1cc(N)ccc1Cl. The van der Waals surface area contributed by atoms with E-state index < -0.39 is 9.84 Å². The molecule has 0 fully saturated rings. The fourth-order valence-corrected chi connectivity index (χ4v) is 4.05. The van der Waals surface area contributed by atoms with Gasteiger partial charge in [-0.05, 0) is 30.5 Å². The van der Waals surface area contributed by atoms with Gasteiger partial charge in [-0.15, -0.1) is 0 Å². The smallest absolute Gasteiger partial charge is 0.180 e. The van der Waals surface area contributed by atoms with Gasteiger partial charge in [0.2, 0.25) is 0 Å². The van der Waals surface area contributed by atoms with Crippen LogP contribution in [0, 0.1) is 5.92 Å². The molecule has 0 saturated heterocycles. The number of halogens is 1. The maximum absolute atomic E-state index is 12.2. The Morgan fingerprint density at radius 3 is 2.65 bits per heavy atom. The van der Waals surface area contributed by atoms with Crippen LogP contribution >= 0.6 is 11.6 Å². The molecule has 0 aromatic heterocycles. The van der Waals surface area contributed by atoms with Crippen LogP contribution in [0.1, 0.15) is 26.7 Å². The van der Waals surface area contributed by atoms with E-state index >= 15 is 0 Å². The van der Waals surface area contributed by atoms with Crippen LogP contribution in [0.2, 0.25) is 5.02 Å². The predicted octanol–water partition coefficient (Wildman–Crippen LogP) is 3.13. The van der Waals surface area contributed by atoms with Gasteiger partial charge in [-0.2, -0.15) is 0 Å². The molecule has 17 heavy (non-hydrogen) atoms. The summed E-state index contributed by atoms with van der Waals surface area (Å²) in [6.45, 7) is 3.97. The zero-order valence-corrected chi connectivity index (χ0v) is 11.7. The van der Waals surface area contributed by atoms with Gasteiger partial charge in [0, 0.05) is 5.69 Å². The van der Waals surface area contributed by atoms with Gasteiger partial charge in [0.15, 0.2) is 9.84 Å². The van der Waals surface area contributed by atoms with E-state index in [9.17, 15) is 8.42 Å². The van der Waals surface area contributed by atoms with Crippen LogP contribution in [-0.4, -0.2) is 14.2 Å². The highest BCUT2D eigenvalue weighted by molar-refractivity contribution is 7.91. The van der Waals surface area contributed by atoms with Crippen molar-refractivity contribution in [2.24, 2.45) is 5.92 Å². The summed E-state index contributed by atoms with van der Waals surface area (Å²) in [6, 6.07) is 4.54. The van der Waals surface area contributed by atoms with Crippen LogP contribution in [0.3, 0.4) is 0 Å². The van der Waals surface area contributed by atoms with Gasteiger partial charge >= 0.3 is 0 Å². The highest BCUT2D eigenvalue weighted by Crippen LogP contribution is 2.26. The molecule has 0 aliphatic carbocycles. The van der Waals surface area contributed by atoms with E-state index in [4.69, 9.17) is 17.3 Å². The molecule has 0 heterocycles. The first-order valence-electron chi connectivity index (χ1n) is 5.64. The lowest BCUT2D eigenvalue weighted by atomic mass is 10.1. The van der Waals surface area contributed by atoms with Gasteiger partial charge in [-0.25, -0.2) is 8.42 Å². The number of hydrogen-bond acceptors (Lipinski definition) is 3. The molecule has 0 aliphatic heterocycles. The van der Waals surface area contributed by atoms with Crippen molar-refractivity contribution in [2.45, 2.75) is 31.6 Å². The van der Waals surface area contributed by atoms with Crippen LogP contribution < -0.4 is 5.73 Å². The van der Waals surface area contributed by atoms with Crippen LogP contribution in [0.5, 0.6) is 0 Å². The second-order valence-electron chi connectivity index (χ2n) is 4.37. The highest BCUT2D eigenvalue weighted by Gasteiger charge is 2.21. The topological polar surface area (TPSA) is 60.2 Å². The molecule has 2 N–H and O–H groups in total. The monoisotopic (exact) mass is 275 g/mol. The molecule has 0 radical (unpaired) electrons. The minimum Gasteiger partial charge on any atom is -0.399 e. The number of sulfone groups is 1. The number of benzene rings is 1. The molecule has 1 aromatic rings. The van der Waals surface area contributed by atoms with Gasteiger partial charge in [0.1, 0.15) is 0 Å². The van der Waals surface area contributed by atoms with Crippen molar-refractivity contribution in [1.82, 2.24) is 0 Å². The standard InChI is InChI=1S/C12H18ClNO2S/c1-3-4-9(2)8-17(15,16)12-7-10(14)5-6-11(12)13/h5-7,9H,3-4,8,14H2,1-2H3. The van der Waals surface area contributed by atoms with E-state index in [0.717, 1.165) is 12.8 Å². The summed E-state index contributed by atoms with van der Waals surface area (Å²) in [6.07, 6.45) is 1.86. The largest absolute Gasteiger partial charge is 0.399 e. The maximum atomic E-state index is 12.2. The minimum absolute atomic E-state index is 0.115. The Labute approximate surface area is 108 Å². The number of rotatable bonds is 5. The van der Waals surface area contributed by atoms with E-state index in [1.54, 1.807) is 6.07 Å². The lowest BCUT2D eigenvalue weighted by Gasteiger charge is -2.12. The van der Waals surface area contributed by atoms with Crippen molar-refractivity contribution in [3.8, 4) is 0 Å². The third-order valence-corrected chi connectivity index (χ3v) is 5.03. The molecule has 1 atom stereocenters. The van der Waals surface area contributed by atoms with Gasteiger partial charge in [0.25, 0.3) is 0 Å². The predicted molar refractivity (Wildman–Crippen MR) is 72.0 cm³/mol. The molecule has 0 amide bonds. The maximum Gasteiger partial charge on any atom is 0.180 e. The Morgan fingerprint density at radius 2 is 2.06 bits per heavy atom. The molecule has 0 spiro atoms. The summed E-state index contributed by atoms with van der Waals surface area (Å²) in [7, 11) is -3.35. The molecule has 96 valence electrons. The molecule has 0 bridgehead atoms.